The van der Waals surface area contributed by atoms with Gasteiger partial charge in [0, 0.05) is 38.5 Å². The topological polar surface area (TPSA) is 195 Å². The molecular formula is C40H54F2N6O9. The van der Waals surface area contributed by atoms with Crippen molar-refractivity contribution in [1.29, 1.82) is 0 Å². The average Bonchev–Trinajstić information content (AvgIpc) is 3.75. The van der Waals surface area contributed by atoms with Crippen molar-refractivity contribution >= 4 is 41.4 Å². The lowest BCUT2D eigenvalue weighted by Crippen LogP contribution is -2.63. The molecule has 0 radical (unpaired) electrons. The highest BCUT2D eigenvalue weighted by Gasteiger charge is 2.49. The highest BCUT2D eigenvalue weighted by Crippen LogP contribution is 2.29. The number of aliphatic hydroxyl groups excluding tert-OH is 1. The Morgan fingerprint density at radius 1 is 0.930 bits per heavy atom. The van der Waals surface area contributed by atoms with Gasteiger partial charge in [-0.05, 0) is 75.6 Å². The summed E-state index contributed by atoms with van der Waals surface area (Å²) in [5.74, 6) is -7.09. The van der Waals surface area contributed by atoms with E-state index in [-0.39, 0.29) is 44.0 Å². The number of rotatable bonds is 9. The van der Waals surface area contributed by atoms with Gasteiger partial charge in [0.05, 0.1) is 6.10 Å². The number of allylic oxidation sites excluding steroid dienone is 1. The number of piperidine rings is 1. The number of esters is 1. The number of halogens is 2. The fourth-order valence-electron chi connectivity index (χ4n) is 8.13. The Hall–Kier alpha value is -4.93. The van der Waals surface area contributed by atoms with E-state index in [1.165, 1.54) is 29.7 Å². The summed E-state index contributed by atoms with van der Waals surface area (Å²) in [6, 6.07) is -4.92. The Morgan fingerprint density at radius 3 is 2.33 bits per heavy atom. The highest BCUT2D eigenvalue weighted by molar-refractivity contribution is 5.98. The number of amides is 6. The van der Waals surface area contributed by atoms with Gasteiger partial charge in [0.1, 0.15) is 54.0 Å². The first kappa shape index (κ1) is 43.2. The van der Waals surface area contributed by atoms with Crippen LogP contribution in [0.25, 0.3) is 0 Å². The quantitative estimate of drug-likeness (QED) is 0.162. The summed E-state index contributed by atoms with van der Waals surface area (Å²) in [4.78, 5) is 101. The minimum Gasteiger partial charge on any atom is -0.458 e. The van der Waals surface area contributed by atoms with Gasteiger partial charge in [-0.15, -0.1) is 0 Å². The zero-order valence-corrected chi connectivity index (χ0v) is 32.9. The Balaban J connectivity index is 1.52. The third-order valence-electron chi connectivity index (χ3n) is 11.1. The van der Waals surface area contributed by atoms with Crippen LogP contribution in [-0.4, -0.2) is 129 Å². The number of fused-ring (bicyclic) bond motifs is 3. The normalized spacial score (nSPS) is 29.4. The molecule has 4 N–H and O–H groups in total. The maximum absolute atomic E-state index is 14.7. The van der Waals surface area contributed by atoms with Crippen LogP contribution in [0.5, 0.6) is 0 Å². The molecule has 1 aromatic rings. The van der Waals surface area contributed by atoms with Crippen molar-refractivity contribution in [3.05, 3.63) is 47.5 Å². The van der Waals surface area contributed by atoms with Gasteiger partial charge in [0.25, 0.3) is 0 Å². The molecule has 17 heteroatoms. The standard InChI is InChI=1S/C40H54F2N6O9/c1-5-6-7-8-12-33(50)44-29(17-25-15-26(41)18-27(42)16-25)35(51)45-34-24(4)57-40(56)32-14-22(2)20-47(32)37(53)23(3)43-36(52)30-11-9-10-13-46(30)38(54)31-19-28(49)21-48(31)39(34)55/h8,12,15-16,18,22-24,28-32,34,49H,5-7,9-11,13-14,17,19-21H2,1-4H3,(H,43,52)(H,44,50)(H,45,51)/b12-8+/t22-,23-,24-,28+,29-,30-,31-,32-,34-/m0/s1. The zero-order valence-electron chi connectivity index (χ0n) is 32.9. The van der Waals surface area contributed by atoms with Crippen LogP contribution in [0.2, 0.25) is 0 Å². The Labute approximate surface area is 330 Å². The molecule has 4 saturated heterocycles. The van der Waals surface area contributed by atoms with Crippen molar-refractivity contribution in [3.8, 4) is 0 Å². The summed E-state index contributed by atoms with van der Waals surface area (Å²) in [7, 11) is 0. The number of ether oxygens (including phenoxy) is 1. The van der Waals surface area contributed by atoms with Gasteiger partial charge in [-0.2, -0.15) is 0 Å². The van der Waals surface area contributed by atoms with Gasteiger partial charge in [-0.25, -0.2) is 13.6 Å². The lowest BCUT2D eigenvalue weighted by atomic mass is 9.98. The number of hydrogen-bond donors (Lipinski definition) is 4. The molecule has 4 aliphatic rings. The molecule has 4 fully saturated rings. The molecule has 1 aromatic carbocycles. The smallest absolute Gasteiger partial charge is 0.329 e. The van der Waals surface area contributed by atoms with Crippen LogP contribution in [0.4, 0.5) is 8.78 Å². The second kappa shape index (κ2) is 19.0. The van der Waals surface area contributed by atoms with Crippen LogP contribution in [0.1, 0.15) is 84.6 Å². The highest BCUT2D eigenvalue weighted by atomic mass is 19.1. The third kappa shape index (κ3) is 10.5. The second-order valence-electron chi connectivity index (χ2n) is 15.7. The van der Waals surface area contributed by atoms with Gasteiger partial charge in [0.2, 0.25) is 35.4 Å². The fourth-order valence-corrected chi connectivity index (χ4v) is 8.13. The number of benzene rings is 1. The Bertz CT molecular complexity index is 1720. The van der Waals surface area contributed by atoms with Crippen molar-refractivity contribution in [3.63, 3.8) is 0 Å². The maximum Gasteiger partial charge on any atom is 0.329 e. The number of cyclic esters (lactones) is 1. The molecule has 0 aliphatic carbocycles. The summed E-state index contributed by atoms with van der Waals surface area (Å²) in [5, 5.41) is 18.7. The summed E-state index contributed by atoms with van der Waals surface area (Å²) in [6.07, 6.45) is 3.66. The van der Waals surface area contributed by atoms with Crippen molar-refractivity contribution in [1.82, 2.24) is 30.7 Å². The summed E-state index contributed by atoms with van der Waals surface area (Å²) >= 11 is 0. The predicted molar refractivity (Wildman–Crippen MR) is 201 cm³/mol. The van der Waals surface area contributed by atoms with Gasteiger partial charge < -0.3 is 40.5 Å². The number of nitrogens with zero attached hydrogens (tertiary/aromatic N) is 3. The van der Waals surface area contributed by atoms with Gasteiger partial charge in [-0.3, -0.25) is 28.8 Å². The lowest BCUT2D eigenvalue weighted by Gasteiger charge is -2.39. The van der Waals surface area contributed by atoms with E-state index in [2.05, 4.69) is 16.0 Å². The number of aliphatic hydroxyl groups is 1. The summed E-state index contributed by atoms with van der Waals surface area (Å²) < 4.78 is 34.3. The van der Waals surface area contributed by atoms with Crippen molar-refractivity contribution in [2.75, 3.05) is 19.6 Å². The molecule has 0 spiro atoms. The Kier molecular flexibility index (Phi) is 14.4. The molecule has 0 unspecified atom stereocenters. The molecule has 0 aromatic heterocycles. The first-order valence-corrected chi connectivity index (χ1v) is 19.9. The number of carbonyl (C=O) groups excluding carboxylic acids is 7. The van der Waals surface area contributed by atoms with Gasteiger partial charge in [-0.1, -0.05) is 32.8 Å². The van der Waals surface area contributed by atoms with E-state index < -0.39 is 108 Å². The molecule has 5 rings (SSSR count). The van der Waals surface area contributed by atoms with E-state index in [9.17, 15) is 47.4 Å². The molecule has 6 amide bonds. The summed E-state index contributed by atoms with van der Waals surface area (Å²) in [6.45, 7) is 6.72. The predicted octanol–water partition coefficient (Wildman–Crippen LogP) is 1.25. The SMILES string of the molecule is CCCC/C=C/C(=O)N[C@@H](Cc1cc(F)cc(F)c1)C(=O)N[C@@H]1C(=O)N2C[C@H](O)C[C@H]2C(=O)N2CCCC[C@H]2C(=O)N[C@@H](C)C(=O)N2C[C@@H](C)C[C@H]2C(=O)O[C@H]1C. The molecular weight excluding hydrogens is 746 g/mol. The molecule has 9 atom stereocenters. The molecule has 15 nitrogen and oxygen atoms in total. The van der Waals surface area contributed by atoms with Crippen LogP contribution in [0.15, 0.2) is 30.4 Å². The summed E-state index contributed by atoms with van der Waals surface area (Å²) in [5.41, 5.74) is 0.0227. The second-order valence-corrected chi connectivity index (χ2v) is 15.7. The molecule has 4 aliphatic heterocycles. The molecule has 57 heavy (non-hydrogen) atoms. The third-order valence-corrected chi connectivity index (χ3v) is 11.1. The van der Waals surface area contributed by atoms with Crippen molar-refractivity contribution < 1.29 is 52.2 Å². The number of hydrogen-bond acceptors (Lipinski definition) is 9. The fraction of sp³-hybridized carbons (Fsp3) is 0.625. The molecule has 0 saturated carbocycles. The first-order chi connectivity index (χ1) is 27.1. The minimum absolute atomic E-state index is 0.0227. The zero-order chi connectivity index (χ0) is 41.6. The largest absolute Gasteiger partial charge is 0.458 e. The van der Waals surface area contributed by atoms with E-state index in [1.807, 2.05) is 13.8 Å². The van der Waals surface area contributed by atoms with E-state index in [1.54, 1.807) is 6.08 Å². The van der Waals surface area contributed by atoms with Gasteiger partial charge >= 0.3 is 5.97 Å². The van der Waals surface area contributed by atoms with Crippen LogP contribution < -0.4 is 16.0 Å². The molecule has 312 valence electrons. The number of carbonyl (C=O) groups is 7. The van der Waals surface area contributed by atoms with Crippen LogP contribution in [-0.2, 0) is 44.7 Å². The van der Waals surface area contributed by atoms with E-state index in [0.717, 1.165) is 29.9 Å². The Morgan fingerprint density at radius 2 is 1.63 bits per heavy atom. The van der Waals surface area contributed by atoms with Crippen molar-refractivity contribution in [2.45, 2.75) is 134 Å². The lowest BCUT2D eigenvalue weighted by molar-refractivity contribution is -0.163. The van der Waals surface area contributed by atoms with Crippen LogP contribution in [0, 0.1) is 17.6 Å². The van der Waals surface area contributed by atoms with E-state index in [0.29, 0.717) is 31.7 Å². The van der Waals surface area contributed by atoms with Crippen LogP contribution >= 0.6 is 0 Å². The van der Waals surface area contributed by atoms with Crippen LogP contribution in [0.3, 0.4) is 0 Å². The number of unbranched alkanes of at least 4 members (excludes halogenated alkanes) is 2. The van der Waals surface area contributed by atoms with E-state index in [4.69, 9.17) is 4.74 Å². The van der Waals surface area contributed by atoms with Crippen molar-refractivity contribution in [2.24, 2.45) is 5.92 Å². The first-order valence-electron chi connectivity index (χ1n) is 19.9. The molecule has 0 bridgehead atoms. The molecule has 4 heterocycles. The van der Waals surface area contributed by atoms with Gasteiger partial charge in [0.15, 0.2) is 0 Å². The maximum atomic E-state index is 14.7. The average molecular weight is 801 g/mol. The van der Waals surface area contributed by atoms with E-state index >= 15 is 0 Å². The number of nitrogens with one attached hydrogen (secondary N) is 3. The minimum atomic E-state index is -1.71. The monoisotopic (exact) mass is 800 g/mol.